The van der Waals surface area contributed by atoms with Gasteiger partial charge < -0.3 is 15.4 Å². The summed E-state index contributed by atoms with van der Waals surface area (Å²) in [5, 5.41) is 5.28. The summed E-state index contributed by atoms with van der Waals surface area (Å²) in [4.78, 5) is 21.1. The van der Waals surface area contributed by atoms with E-state index < -0.39 is 22.7 Å². The number of pyridine rings is 1. The van der Waals surface area contributed by atoms with Gasteiger partial charge in [0, 0.05) is 30.9 Å². The number of ether oxygens (including phenoxy) is 1. The zero-order chi connectivity index (χ0) is 25.0. The number of halogens is 4. The van der Waals surface area contributed by atoms with E-state index >= 15 is 0 Å². The van der Waals surface area contributed by atoms with Gasteiger partial charge in [-0.3, -0.25) is 14.8 Å². The first kappa shape index (κ1) is 24.5. The summed E-state index contributed by atoms with van der Waals surface area (Å²) >= 11 is 5.62. The van der Waals surface area contributed by atoms with Crippen LogP contribution in [0.25, 0.3) is 0 Å². The summed E-state index contributed by atoms with van der Waals surface area (Å²) in [5.41, 5.74) is 0.574. The molecule has 0 saturated carbocycles. The molecule has 0 radical (unpaired) electrons. The van der Waals surface area contributed by atoms with Crippen LogP contribution in [0.1, 0.15) is 30.2 Å². The summed E-state index contributed by atoms with van der Waals surface area (Å²) in [5.74, 6) is 1.50. The van der Waals surface area contributed by atoms with Gasteiger partial charge in [0.15, 0.2) is 0 Å². The highest BCUT2D eigenvalue weighted by atomic mass is 35.5. The topological polar surface area (TPSA) is 75.6 Å². The van der Waals surface area contributed by atoms with E-state index in [1.165, 1.54) is 6.07 Å². The highest BCUT2D eigenvalue weighted by Crippen LogP contribution is 2.36. The van der Waals surface area contributed by atoms with Crippen LogP contribution in [0.4, 0.5) is 18.9 Å². The van der Waals surface area contributed by atoms with Crippen LogP contribution in [-0.2, 0) is 17.4 Å². The number of carbonyl (C=O) groups is 1. The quantitative estimate of drug-likeness (QED) is 0.424. The van der Waals surface area contributed by atoms with Crippen molar-refractivity contribution < 1.29 is 22.7 Å². The molecule has 0 saturated heterocycles. The molecule has 0 unspecified atom stereocenters. The van der Waals surface area contributed by atoms with Gasteiger partial charge in [-0.25, -0.2) is 0 Å². The van der Waals surface area contributed by atoms with Crippen molar-refractivity contribution >= 4 is 29.0 Å². The van der Waals surface area contributed by atoms with Gasteiger partial charge in [0.05, 0.1) is 16.6 Å². The zero-order valence-electron chi connectivity index (χ0n) is 18.7. The maximum atomic E-state index is 13.0. The van der Waals surface area contributed by atoms with E-state index in [-0.39, 0.29) is 18.2 Å². The monoisotopic (exact) mass is 502 g/mol. The Morgan fingerprint density at radius 2 is 1.97 bits per heavy atom. The van der Waals surface area contributed by atoms with Crippen LogP contribution in [0.15, 0.2) is 65.8 Å². The second kappa shape index (κ2) is 10.4. The lowest BCUT2D eigenvalue weighted by atomic mass is 10.1. The van der Waals surface area contributed by atoms with Crippen molar-refractivity contribution in [3.05, 3.63) is 82.6 Å². The number of alkyl halides is 3. The predicted octanol–water partition coefficient (Wildman–Crippen LogP) is 5.86. The van der Waals surface area contributed by atoms with Gasteiger partial charge in [0.1, 0.15) is 23.0 Å². The predicted molar refractivity (Wildman–Crippen MR) is 128 cm³/mol. The molecular weight excluding hydrogens is 481 g/mol. The Bertz CT molecular complexity index is 1260. The molecule has 2 heterocycles. The lowest BCUT2D eigenvalue weighted by molar-refractivity contribution is -0.137. The number of amidine groups is 1. The Hall–Kier alpha value is -3.59. The number of nitrogens with zero attached hydrogens (tertiary/aromatic N) is 2. The van der Waals surface area contributed by atoms with Crippen LogP contribution in [0.3, 0.4) is 0 Å². The second-order valence-electron chi connectivity index (χ2n) is 8.07. The van der Waals surface area contributed by atoms with Crippen molar-refractivity contribution in [2.24, 2.45) is 4.99 Å². The average molecular weight is 503 g/mol. The minimum absolute atomic E-state index is 0.0352. The molecule has 0 spiro atoms. The molecule has 4 rings (SSSR count). The molecule has 0 aliphatic carbocycles. The fourth-order valence-electron chi connectivity index (χ4n) is 3.52. The van der Waals surface area contributed by atoms with E-state index in [0.29, 0.717) is 23.6 Å². The molecule has 2 N–H and O–H groups in total. The lowest BCUT2D eigenvalue weighted by Gasteiger charge is -2.12. The van der Waals surface area contributed by atoms with Crippen molar-refractivity contribution in [1.29, 1.82) is 0 Å². The number of benzene rings is 2. The summed E-state index contributed by atoms with van der Waals surface area (Å²) in [7, 11) is 0. The molecule has 1 aliphatic heterocycles. The Labute approximate surface area is 205 Å². The highest BCUT2D eigenvalue weighted by molar-refractivity contribution is 6.31. The minimum Gasteiger partial charge on any atom is -0.457 e. The summed E-state index contributed by atoms with van der Waals surface area (Å²) in [6.45, 7) is 2.78. The van der Waals surface area contributed by atoms with Gasteiger partial charge in [0.2, 0.25) is 5.91 Å². The first-order chi connectivity index (χ1) is 16.7. The van der Waals surface area contributed by atoms with E-state index in [2.05, 4.69) is 20.6 Å². The molecule has 1 aliphatic rings. The van der Waals surface area contributed by atoms with E-state index in [4.69, 9.17) is 16.3 Å². The van der Waals surface area contributed by atoms with Crippen LogP contribution < -0.4 is 15.4 Å². The maximum absolute atomic E-state index is 13.0. The number of aryl methyl sites for hydroxylation is 1. The Morgan fingerprint density at radius 1 is 1.17 bits per heavy atom. The lowest BCUT2D eigenvalue weighted by Crippen LogP contribution is -2.21. The molecule has 3 aromatic rings. The third-order valence-corrected chi connectivity index (χ3v) is 5.55. The molecular formula is C25H22ClF3N4O2. The van der Waals surface area contributed by atoms with Gasteiger partial charge >= 0.3 is 6.18 Å². The molecule has 6 nitrogen and oxygen atoms in total. The molecule has 1 atom stereocenters. The highest BCUT2D eigenvalue weighted by Gasteiger charge is 2.33. The molecule has 35 heavy (non-hydrogen) atoms. The van der Waals surface area contributed by atoms with Crippen LogP contribution in [0.2, 0.25) is 5.02 Å². The number of nitrogens with one attached hydrogen (secondary N) is 2. The van der Waals surface area contributed by atoms with Crippen LogP contribution in [0.5, 0.6) is 11.5 Å². The third-order valence-electron chi connectivity index (χ3n) is 5.22. The van der Waals surface area contributed by atoms with E-state index in [1.54, 1.807) is 24.4 Å². The number of aromatic nitrogens is 1. The first-order valence-electron chi connectivity index (χ1n) is 10.9. The van der Waals surface area contributed by atoms with Crippen LogP contribution in [-0.4, -0.2) is 29.3 Å². The normalized spacial score (nSPS) is 15.3. The molecule has 0 fully saturated rings. The van der Waals surface area contributed by atoms with Gasteiger partial charge in [0.25, 0.3) is 0 Å². The number of carbonyl (C=O) groups excluding carboxylic acids is 1. The van der Waals surface area contributed by atoms with Crippen molar-refractivity contribution in [1.82, 2.24) is 10.3 Å². The number of hydrogen-bond acceptors (Lipinski definition) is 5. The van der Waals surface area contributed by atoms with Gasteiger partial charge in [-0.1, -0.05) is 23.7 Å². The fraction of sp³-hybridized carbons (Fsp3) is 0.240. The summed E-state index contributed by atoms with van der Waals surface area (Å²) in [6.07, 6.45) is -2.50. The SMILES string of the molecule is C[C@H]1CNC(c2cc(Oc3cccc(CCC(=O)Nc4ccc(Cl)c(C(F)(F)F)c4)c3)ccn2)=N1. The molecule has 182 valence electrons. The van der Waals surface area contributed by atoms with E-state index in [9.17, 15) is 18.0 Å². The Kier molecular flexibility index (Phi) is 7.25. The Balaban J connectivity index is 1.36. The third kappa shape index (κ3) is 6.51. The first-order valence-corrected chi connectivity index (χ1v) is 11.3. The smallest absolute Gasteiger partial charge is 0.417 e. The number of hydrogen-bond donors (Lipinski definition) is 2. The average Bonchev–Trinajstić information content (AvgIpc) is 3.25. The largest absolute Gasteiger partial charge is 0.457 e. The standard InChI is InChI=1S/C25H22ClF3N4O2/c1-15-14-31-24(32-15)22-13-19(9-10-30-22)35-18-4-2-3-16(11-18)5-8-23(34)33-17-6-7-21(26)20(12-17)25(27,28)29/h2-4,6-7,9-13,15H,5,8,14H2,1H3,(H,31,32)(H,33,34)/t15-/m0/s1. The minimum atomic E-state index is -4.60. The number of rotatable bonds is 7. The van der Waals surface area contributed by atoms with Gasteiger partial charge in [-0.05, 0) is 55.3 Å². The van der Waals surface area contributed by atoms with Gasteiger partial charge in [-0.15, -0.1) is 0 Å². The van der Waals surface area contributed by atoms with Crippen LogP contribution >= 0.6 is 11.6 Å². The van der Waals surface area contributed by atoms with Gasteiger partial charge in [-0.2, -0.15) is 13.2 Å². The van der Waals surface area contributed by atoms with Crippen molar-refractivity contribution in [3.8, 4) is 11.5 Å². The van der Waals surface area contributed by atoms with Crippen molar-refractivity contribution in [2.75, 3.05) is 11.9 Å². The summed E-state index contributed by atoms with van der Waals surface area (Å²) < 4.78 is 45.0. The molecule has 10 heteroatoms. The molecule has 1 aromatic heterocycles. The fourth-order valence-corrected chi connectivity index (χ4v) is 3.74. The van der Waals surface area contributed by atoms with Crippen LogP contribution in [0, 0.1) is 0 Å². The Morgan fingerprint density at radius 3 is 2.71 bits per heavy atom. The summed E-state index contributed by atoms with van der Waals surface area (Å²) in [6, 6.07) is 14.3. The van der Waals surface area contributed by atoms with E-state index in [0.717, 1.165) is 30.1 Å². The van der Waals surface area contributed by atoms with Crippen molar-refractivity contribution in [2.45, 2.75) is 32.0 Å². The van der Waals surface area contributed by atoms with E-state index in [1.807, 2.05) is 25.1 Å². The number of amides is 1. The zero-order valence-corrected chi connectivity index (χ0v) is 19.5. The maximum Gasteiger partial charge on any atom is 0.417 e. The number of anilines is 1. The number of aliphatic imine (C=N–C) groups is 1. The molecule has 1 amide bonds. The van der Waals surface area contributed by atoms with Crippen molar-refractivity contribution in [3.63, 3.8) is 0 Å². The second-order valence-corrected chi connectivity index (χ2v) is 8.48. The molecule has 0 bridgehead atoms. The molecule has 2 aromatic carbocycles.